The fraction of sp³-hybridized carbons (Fsp3) is 0.0909. The molecule has 4 nitrogen and oxygen atoms in total. The lowest BCUT2D eigenvalue weighted by Gasteiger charge is -2.08. The van der Waals surface area contributed by atoms with Crippen molar-refractivity contribution >= 4 is 23.7 Å². The highest BCUT2D eigenvalue weighted by Crippen LogP contribution is 2.23. The number of hydrogen-bond acceptors (Lipinski definition) is 2. The van der Waals surface area contributed by atoms with Gasteiger partial charge in [-0.1, -0.05) is 11.6 Å². The number of rotatable bonds is 3. The summed E-state index contributed by atoms with van der Waals surface area (Å²) in [7, 11) is 0. The van der Waals surface area contributed by atoms with Gasteiger partial charge < -0.3 is 5.32 Å². The van der Waals surface area contributed by atoms with Crippen LogP contribution in [-0.2, 0) is 4.79 Å². The summed E-state index contributed by atoms with van der Waals surface area (Å²) in [6.07, 6.45) is 4.24. The second-order valence-corrected chi connectivity index (χ2v) is 3.82. The molecule has 1 aromatic heterocycles. The molecule has 1 aromatic carbocycles. The van der Waals surface area contributed by atoms with Gasteiger partial charge in [0, 0.05) is 11.2 Å². The summed E-state index contributed by atoms with van der Waals surface area (Å²) in [5.41, 5.74) is 2.46. The number of aromatic nitrogens is 2. The van der Waals surface area contributed by atoms with E-state index in [4.69, 9.17) is 11.6 Å². The van der Waals surface area contributed by atoms with Crippen LogP contribution >= 0.6 is 11.6 Å². The standard InChI is InChI=1S/C11H10ClN3O/c1-8-5-14-15(6-8)11-3-2-9(12)4-10(11)13-7-16/h2-7H,1H3,(H,13,16). The SMILES string of the molecule is Cc1cnn(-c2ccc(Cl)cc2NC=O)c1. The molecule has 2 rings (SSSR count). The van der Waals surface area contributed by atoms with E-state index in [9.17, 15) is 4.79 Å². The van der Waals surface area contributed by atoms with Gasteiger partial charge in [0.05, 0.1) is 17.6 Å². The molecule has 0 fully saturated rings. The second-order valence-electron chi connectivity index (χ2n) is 3.39. The molecule has 0 aliphatic carbocycles. The van der Waals surface area contributed by atoms with E-state index in [2.05, 4.69) is 10.4 Å². The van der Waals surface area contributed by atoms with E-state index in [1.807, 2.05) is 13.1 Å². The zero-order valence-electron chi connectivity index (χ0n) is 8.64. The molecule has 1 amide bonds. The maximum absolute atomic E-state index is 10.5. The van der Waals surface area contributed by atoms with Crippen LogP contribution in [0, 0.1) is 6.92 Å². The smallest absolute Gasteiger partial charge is 0.211 e. The van der Waals surface area contributed by atoms with Gasteiger partial charge in [-0.2, -0.15) is 5.10 Å². The molecule has 0 aliphatic heterocycles. The van der Waals surface area contributed by atoms with Gasteiger partial charge in [0.25, 0.3) is 0 Å². The molecule has 0 radical (unpaired) electrons. The zero-order chi connectivity index (χ0) is 11.5. The Morgan fingerprint density at radius 1 is 1.50 bits per heavy atom. The van der Waals surface area contributed by atoms with Gasteiger partial charge in [0.1, 0.15) is 0 Å². The minimum Gasteiger partial charge on any atom is -0.327 e. The first-order chi connectivity index (χ1) is 7.70. The number of anilines is 1. The number of hydrogen-bond donors (Lipinski definition) is 1. The molecule has 0 aliphatic rings. The highest BCUT2D eigenvalue weighted by atomic mass is 35.5. The summed E-state index contributed by atoms with van der Waals surface area (Å²) >= 11 is 5.86. The topological polar surface area (TPSA) is 46.9 Å². The molecule has 1 N–H and O–H groups in total. The molecule has 0 atom stereocenters. The maximum atomic E-state index is 10.5. The monoisotopic (exact) mass is 235 g/mol. The third-order valence-corrected chi connectivity index (χ3v) is 2.37. The van der Waals surface area contributed by atoms with E-state index in [1.54, 1.807) is 29.1 Å². The van der Waals surface area contributed by atoms with Crippen LogP contribution < -0.4 is 5.32 Å². The lowest BCUT2D eigenvalue weighted by molar-refractivity contribution is -0.105. The fourth-order valence-electron chi connectivity index (χ4n) is 1.43. The maximum Gasteiger partial charge on any atom is 0.211 e. The zero-order valence-corrected chi connectivity index (χ0v) is 9.40. The number of nitrogens with zero attached hydrogens (tertiary/aromatic N) is 2. The van der Waals surface area contributed by atoms with E-state index in [0.29, 0.717) is 17.1 Å². The van der Waals surface area contributed by atoms with Crippen LogP contribution in [0.15, 0.2) is 30.6 Å². The number of benzene rings is 1. The lowest BCUT2D eigenvalue weighted by atomic mass is 10.2. The summed E-state index contributed by atoms with van der Waals surface area (Å²) in [6, 6.07) is 5.24. The molecule has 0 saturated heterocycles. The third kappa shape index (κ3) is 2.06. The van der Waals surface area contributed by atoms with Crippen LogP contribution in [0.5, 0.6) is 0 Å². The van der Waals surface area contributed by atoms with Gasteiger partial charge in [-0.05, 0) is 30.7 Å². The predicted molar refractivity (Wildman–Crippen MR) is 63.0 cm³/mol. The van der Waals surface area contributed by atoms with Gasteiger partial charge >= 0.3 is 0 Å². The van der Waals surface area contributed by atoms with Gasteiger partial charge in [-0.3, -0.25) is 4.79 Å². The van der Waals surface area contributed by atoms with Gasteiger partial charge in [0.15, 0.2) is 0 Å². The van der Waals surface area contributed by atoms with Gasteiger partial charge in [0.2, 0.25) is 6.41 Å². The first kappa shape index (κ1) is 10.7. The number of halogens is 1. The molecule has 82 valence electrons. The minimum absolute atomic E-state index is 0.567. The average Bonchev–Trinajstić information content (AvgIpc) is 2.65. The highest BCUT2D eigenvalue weighted by molar-refractivity contribution is 6.31. The molecule has 1 heterocycles. The second kappa shape index (κ2) is 4.37. The number of amides is 1. The van der Waals surface area contributed by atoms with E-state index >= 15 is 0 Å². The molecule has 16 heavy (non-hydrogen) atoms. The largest absolute Gasteiger partial charge is 0.327 e. The van der Waals surface area contributed by atoms with Crippen molar-refractivity contribution in [3.63, 3.8) is 0 Å². The minimum atomic E-state index is 0.567. The van der Waals surface area contributed by atoms with Crippen LogP contribution in [-0.4, -0.2) is 16.2 Å². The van der Waals surface area contributed by atoms with Crippen LogP contribution in [0.1, 0.15) is 5.56 Å². The number of carbonyl (C=O) groups excluding carboxylic acids is 1. The molecular formula is C11H10ClN3O. The summed E-state index contributed by atoms with van der Waals surface area (Å²) in [6.45, 7) is 1.95. The fourth-order valence-corrected chi connectivity index (χ4v) is 1.60. The molecule has 5 heteroatoms. The van der Waals surface area contributed by atoms with Crippen molar-refractivity contribution in [2.24, 2.45) is 0 Å². The first-order valence-electron chi connectivity index (χ1n) is 4.72. The molecular weight excluding hydrogens is 226 g/mol. The van der Waals surface area contributed by atoms with Crippen molar-refractivity contribution in [1.82, 2.24) is 9.78 Å². The van der Waals surface area contributed by atoms with E-state index < -0.39 is 0 Å². The molecule has 0 unspecified atom stereocenters. The average molecular weight is 236 g/mol. The summed E-state index contributed by atoms with van der Waals surface area (Å²) in [5.74, 6) is 0. The Morgan fingerprint density at radius 3 is 2.94 bits per heavy atom. The lowest BCUT2D eigenvalue weighted by Crippen LogP contribution is -2.02. The van der Waals surface area contributed by atoms with Crippen LogP contribution in [0.2, 0.25) is 5.02 Å². The van der Waals surface area contributed by atoms with E-state index in [1.165, 1.54) is 0 Å². The van der Waals surface area contributed by atoms with Crippen molar-refractivity contribution in [1.29, 1.82) is 0 Å². The first-order valence-corrected chi connectivity index (χ1v) is 5.10. The Morgan fingerprint density at radius 2 is 2.31 bits per heavy atom. The normalized spacial score (nSPS) is 10.1. The van der Waals surface area contributed by atoms with E-state index in [-0.39, 0.29) is 0 Å². The van der Waals surface area contributed by atoms with Crippen molar-refractivity contribution in [2.75, 3.05) is 5.32 Å². The quantitative estimate of drug-likeness (QED) is 0.831. The van der Waals surface area contributed by atoms with Crippen LogP contribution in [0.25, 0.3) is 5.69 Å². The summed E-state index contributed by atoms with van der Waals surface area (Å²) in [5, 5.41) is 7.34. The van der Waals surface area contributed by atoms with Crippen LogP contribution in [0.3, 0.4) is 0 Å². The molecule has 0 bridgehead atoms. The van der Waals surface area contributed by atoms with Crippen molar-refractivity contribution in [3.8, 4) is 5.69 Å². The Balaban J connectivity index is 2.50. The van der Waals surface area contributed by atoms with E-state index in [0.717, 1.165) is 11.3 Å². The molecule has 0 saturated carbocycles. The van der Waals surface area contributed by atoms with Gasteiger partial charge in [-0.25, -0.2) is 4.68 Å². The summed E-state index contributed by atoms with van der Waals surface area (Å²) < 4.78 is 1.69. The molecule has 0 spiro atoms. The number of aryl methyl sites for hydroxylation is 1. The Labute approximate surface area is 97.8 Å². The van der Waals surface area contributed by atoms with Crippen molar-refractivity contribution in [3.05, 3.63) is 41.2 Å². The predicted octanol–water partition coefficient (Wildman–Crippen LogP) is 2.40. The Bertz CT molecular complexity index is 522. The highest BCUT2D eigenvalue weighted by Gasteiger charge is 2.05. The Kier molecular flexibility index (Phi) is 2.92. The Hall–Kier alpha value is -1.81. The number of nitrogens with one attached hydrogen (secondary N) is 1. The van der Waals surface area contributed by atoms with Crippen LogP contribution in [0.4, 0.5) is 5.69 Å². The van der Waals surface area contributed by atoms with Crippen molar-refractivity contribution in [2.45, 2.75) is 6.92 Å². The molecule has 2 aromatic rings. The van der Waals surface area contributed by atoms with Crippen molar-refractivity contribution < 1.29 is 4.79 Å². The van der Waals surface area contributed by atoms with Gasteiger partial charge in [-0.15, -0.1) is 0 Å². The third-order valence-electron chi connectivity index (χ3n) is 2.13. The summed E-state index contributed by atoms with van der Waals surface area (Å²) in [4.78, 5) is 10.5. The number of carbonyl (C=O) groups is 1.